The van der Waals surface area contributed by atoms with E-state index in [-0.39, 0.29) is 6.04 Å². The summed E-state index contributed by atoms with van der Waals surface area (Å²) in [4.78, 5) is 1.19. The lowest BCUT2D eigenvalue weighted by Gasteiger charge is -2.13. The lowest BCUT2D eigenvalue weighted by atomic mass is 10.1. The first kappa shape index (κ1) is 10.9. The number of hydrazine groups is 1. The fourth-order valence-electron chi connectivity index (χ4n) is 1.41. The summed E-state index contributed by atoms with van der Waals surface area (Å²) in [7, 11) is 0. The maximum atomic E-state index is 5.54. The number of nitrogens with one attached hydrogen (secondary N) is 1. The number of rotatable bonds is 4. The summed E-state index contributed by atoms with van der Waals surface area (Å²) in [6.45, 7) is 0. The van der Waals surface area contributed by atoms with Crippen LogP contribution in [0.2, 0.25) is 0 Å². The van der Waals surface area contributed by atoms with Gasteiger partial charge >= 0.3 is 0 Å². The van der Waals surface area contributed by atoms with Crippen LogP contribution in [0, 0.1) is 0 Å². The van der Waals surface area contributed by atoms with Gasteiger partial charge in [-0.25, -0.2) is 0 Å². The van der Waals surface area contributed by atoms with E-state index >= 15 is 0 Å². The third kappa shape index (κ3) is 2.49. The van der Waals surface area contributed by atoms with Crippen molar-refractivity contribution in [3.63, 3.8) is 0 Å². The quantitative estimate of drug-likeness (QED) is 0.671. The van der Waals surface area contributed by atoms with E-state index in [9.17, 15) is 0 Å². The van der Waals surface area contributed by atoms with Crippen molar-refractivity contribution in [2.75, 3.05) is 0 Å². The van der Waals surface area contributed by atoms with E-state index in [0.717, 1.165) is 16.7 Å². The van der Waals surface area contributed by atoms with Gasteiger partial charge in [0.15, 0.2) is 0 Å². The molecule has 2 heterocycles. The molecule has 0 spiro atoms. The van der Waals surface area contributed by atoms with Crippen LogP contribution >= 0.6 is 27.3 Å². The molecule has 2 rings (SSSR count). The Morgan fingerprint density at radius 2 is 2.40 bits per heavy atom. The standard InChI is InChI=1S/C10H11BrN2OS/c11-8-3-5-15-10(8)9(13-12)6-7-2-1-4-14-7/h1-5,9,13H,6,12H2. The molecule has 80 valence electrons. The fourth-order valence-corrected chi connectivity index (χ4v) is 3.12. The molecule has 2 aromatic heterocycles. The molecule has 15 heavy (non-hydrogen) atoms. The third-order valence-corrected chi connectivity index (χ3v) is 4.13. The number of hydrogen-bond donors (Lipinski definition) is 2. The van der Waals surface area contributed by atoms with Gasteiger partial charge in [-0.1, -0.05) is 0 Å². The molecule has 3 N–H and O–H groups in total. The van der Waals surface area contributed by atoms with E-state index in [4.69, 9.17) is 10.3 Å². The van der Waals surface area contributed by atoms with E-state index in [0.29, 0.717) is 0 Å². The molecular weight excluding hydrogens is 276 g/mol. The first-order valence-corrected chi connectivity index (χ1v) is 6.20. The first-order valence-electron chi connectivity index (χ1n) is 4.52. The Kier molecular flexibility index (Phi) is 3.58. The Morgan fingerprint density at radius 1 is 1.53 bits per heavy atom. The van der Waals surface area contributed by atoms with Crippen molar-refractivity contribution >= 4 is 27.3 Å². The van der Waals surface area contributed by atoms with Crippen molar-refractivity contribution < 1.29 is 4.42 Å². The predicted octanol–water partition coefficient (Wildman–Crippen LogP) is 2.85. The van der Waals surface area contributed by atoms with Gasteiger partial charge in [0.1, 0.15) is 5.76 Å². The maximum absolute atomic E-state index is 5.54. The zero-order valence-electron chi connectivity index (χ0n) is 7.94. The van der Waals surface area contributed by atoms with E-state index in [2.05, 4.69) is 21.4 Å². The van der Waals surface area contributed by atoms with Gasteiger partial charge in [0, 0.05) is 15.8 Å². The van der Waals surface area contributed by atoms with Crippen LogP contribution in [0.3, 0.4) is 0 Å². The molecule has 0 saturated heterocycles. The average molecular weight is 287 g/mol. The minimum Gasteiger partial charge on any atom is -0.469 e. The van der Waals surface area contributed by atoms with Gasteiger partial charge in [0.25, 0.3) is 0 Å². The van der Waals surface area contributed by atoms with Gasteiger partial charge in [-0.05, 0) is 39.5 Å². The van der Waals surface area contributed by atoms with Crippen molar-refractivity contribution in [2.24, 2.45) is 5.84 Å². The molecule has 5 heteroatoms. The van der Waals surface area contributed by atoms with Crippen LogP contribution in [0.25, 0.3) is 0 Å². The number of furan rings is 1. The second kappa shape index (κ2) is 4.94. The highest BCUT2D eigenvalue weighted by Crippen LogP contribution is 2.30. The molecule has 0 bridgehead atoms. The van der Waals surface area contributed by atoms with Gasteiger partial charge < -0.3 is 4.42 Å². The predicted molar refractivity (Wildman–Crippen MR) is 64.5 cm³/mol. The normalized spacial score (nSPS) is 12.9. The second-order valence-corrected chi connectivity index (χ2v) is 4.94. The highest BCUT2D eigenvalue weighted by Gasteiger charge is 2.16. The summed E-state index contributed by atoms with van der Waals surface area (Å²) in [5.41, 5.74) is 2.80. The monoisotopic (exact) mass is 286 g/mol. The van der Waals surface area contributed by atoms with Crippen molar-refractivity contribution in [2.45, 2.75) is 12.5 Å². The number of nitrogens with two attached hydrogens (primary N) is 1. The molecule has 0 aromatic carbocycles. The van der Waals surface area contributed by atoms with Crippen LogP contribution in [-0.2, 0) is 6.42 Å². The summed E-state index contributed by atoms with van der Waals surface area (Å²) in [5, 5.41) is 2.03. The molecule has 0 aliphatic carbocycles. The Hall–Kier alpha value is -0.620. The van der Waals surface area contributed by atoms with Gasteiger partial charge in [0.05, 0.1) is 12.3 Å². The van der Waals surface area contributed by atoms with Gasteiger partial charge in [-0.3, -0.25) is 11.3 Å². The Bertz CT molecular complexity index is 413. The smallest absolute Gasteiger partial charge is 0.105 e. The van der Waals surface area contributed by atoms with Crippen LogP contribution in [0.1, 0.15) is 16.7 Å². The molecule has 3 nitrogen and oxygen atoms in total. The van der Waals surface area contributed by atoms with Gasteiger partial charge in [-0.2, -0.15) is 0 Å². The summed E-state index contributed by atoms with van der Waals surface area (Å²) >= 11 is 5.17. The molecule has 1 unspecified atom stereocenters. The molecule has 0 radical (unpaired) electrons. The average Bonchev–Trinajstić information content (AvgIpc) is 2.85. The van der Waals surface area contributed by atoms with Crippen LogP contribution in [0.15, 0.2) is 38.7 Å². The summed E-state index contributed by atoms with van der Waals surface area (Å²) in [5.74, 6) is 6.47. The van der Waals surface area contributed by atoms with Crippen molar-refractivity contribution in [3.8, 4) is 0 Å². The summed E-state index contributed by atoms with van der Waals surface area (Å²) in [6, 6.07) is 5.94. The first-order chi connectivity index (χ1) is 7.31. The Balaban J connectivity index is 2.15. The fraction of sp³-hybridized carbons (Fsp3) is 0.200. The number of halogens is 1. The molecule has 0 amide bonds. The molecule has 0 fully saturated rings. The molecule has 2 aromatic rings. The van der Waals surface area contributed by atoms with Crippen molar-refractivity contribution in [1.82, 2.24) is 5.43 Å². The topological polar surface area (TPSA) is 51.2 Å². The van der Waals surface area contributed by atoms with Crippen LogP contribution < -0.4 is 11.3 Å². The second-order valence-electron chi connectivity index (χ2n) is 3.14. The van der Waals surface area contributed by atoms with Crippen molar-refractivity contribution in [1.29, 1.82) is 0 Å². The highest BCUT2D eigenvalue weighted by molar-refractivity contribution is 9.10. The van der Waals surface area contributed by atoms with Gasteiger partial charge in [-0.15, -0.1) is 11.3 Å². The maximum Gasteiger partial charge on any atom is 0.105 e. The number of thiophene rings is 1. The largest absolute Gasteiger partial charge is 0.469 e. The summed E-state index contributed by atoms with van der Waals surface area (Å²) < 4.78 is 6.38. The Labute approximate surface area is 100 Å². The van der Waals surface area contributed by atoms with Crippen LogP contribution in [0.5, 0.6) is 0 Å². The summed E-state index contributed by atoms with van der Waals surface area (Å²) in [6.07, 6.45) is 2.43. The zero-order chi connectivity index (χ0) is 10.7. The lowest BCUT2D eigenvalue weighted by molar-refractivity contribution is 0.457. The van der Waals surface area contributed by atoms with E-state index in [1.54, 1.807) is 17.6 Å². The minimum absolute atomic E-state index is 0.0884. The van der Waals surface area contributed by atoms with Crippen LogP contribution in [-0.4, -0.2) is 0 Å². The minimum atomic E-state index is 0.0884. The third-order valence-electron chi connectivity index (χ3n) is 2.15. The van der Waals surface area contributed by atoms with E-state index in [1.165, 1.54) is 4.88 Å². The highest BCUT2D eigenvalue weighted by atomic mass is 79.9. The molecule has 0 aliphatic rings. The SMILES string of the molecule is NNC(Cc1ccco1)c1sccc1Br. The van der Waals surface area contributed by atoms with E-state index < -0.39 is 0 Å². The zero-order valence-corrected chi connectivity index (χ0v) is 10.3. The van der Waals surface area contributed by atoms with Gasteiger partial charge in [0.2, 0.25) is 0 Å². The molecule has 0 aliphatic heterocycles. The van der Waals surface area contributed by atoms with Crippen molar-refractivity contribution in [3.05, 3.63) is 45.0 Å². The van der Waals surface area contributed by atoms with E-state index in [1.807, 2.05) is 23.6 Å². The molecular formula is C10H11BrN2OS. The lowest BCUT2D eigenvalue weighted by Crippen LogP contribution is -2.29. The number of hydrogen-bond acceptors (Lipinski definition) is 4. The van der Waals surface area contributed by atoms with Crippen LogP contribution in [0.4, 0.5) is 0 Å². The Morgan fingerprint density at radius 3 is 2.93 bits per heavy atom. The molecule has 0 saturated carbocycles. The molecule has 1 atom stereocenters.